The molecule has 1 heterocycles. The summed E-state index contributed by atoms with van der Waals surface area (Å²) in [5.74, 6) is 0.0313. The molecule has 0 spiro atoms. The van der Waals surface area contributed by atoms with Crippen molar-refractivity contribution < 1.29 is 5.11 Å². The minimum atomic E-state index is -0.285. The van der Waals surface area contributed by atoms with Gasteiger partial charge in [0, 0.05) is 9.64 Å². The molecule has 0 aliphatic carbocycles. The normalized spacial score (nSPS) is 10.5. The molecule has 0 bridgehead atoms. The molecule has 0 unspecified atom stereocenters. The van der Waals surface area contributed by atoms with Crippen molar-refractivity contribution in [2.45, 2.75) is 0 Å². The van der Waals surface area contributed by atoms with E-state index in [1.165, 1.54) is 6.07 Å². The van der Waals surface area contributed by atoms with E-state index in [2.05, 4.69) is 27.6 Å². The van der Waals surface area contributed by atoms with E-state index < -0.39 is 0 Å². The molecule has 1 aromatic heterocycles. The van der Waals surface area contributed by atoms with Gasteiger partial charge in [0.05, 0.1) is 10.9 Å². The molecular formula is C9H6INO2. The van der Waals surface area contributed by atoms with Gasteiger partial charge in [-0.25, -0.2) is 0 Å². The molecule has 0 radical (unpaired) electrons. The maximum absolute atomic E-state index is 11.0. The van der Waals surface area contributed by atoms with Crippen molar-refractivity contribution in [2.24, 2.45) is 0 Å². The number of nitrogens with one attached hydrogen (secondary N) is 1. The number of rotatable bonds is 0. The first kappa shape index (κ1) is 8.55. The Morgan fingerprint density at radius 3 is 2.92 bits per heavy atom. The van der Waals surface area contributed by atoms with Crippen LogP contribution in [0.5, 0.6) is 5.75 Å². The zero-order valence-corrected chi connectivity index (χ0v) is 8.70. The quantitative estimate of drug-likeness (QED) is 0.726. The number of benzene rings is 1. The maximum Gasteiger partial charge on any atom is 0.252 e. The van der Waals surface area contributed by atoms with Crippen LogP contribution in [0.25, 0.3) is 10.9 Å². The van der Waals surface area contributed by atoms with Gasteiger partial charge in [-0.2, -0.15) is 0 Å². The van der Waals surface area contributed by atoms with Crippen molar-refractivity contribution in [3.63, 3.8) is 0 Å². The van der Waals surface area contributed by atoms with E-state index in [1.807, 2.05) is 12.1 Å². The Bertz CT molecular complexity index is 518. The summed E-state index contributed by atoms with van der Waals surface area (Å²) in [6, 6.07) is 6.66. The Labute approximate surface area is 87.6 Å². The van der Waals surface area contributed by atoms with Gasteiger partial charge in [0.25, 0.3) is 5.56 Å². The highest BCUT2D eigenvalue weighted by Gasteiger charge is 2.04. The number of H-pyrrole nitrogens is 1. The highest BCUT2D eigenvalue weighted by molar-refractivity contribution is 14.1. The lowest BCUT2D eigenvalue weighted by molar-refractivity contribution is 0.480. The molecule has 3 nitrogen and oxygen atoms in total. The average Bonchev–Trinajstić information content (AvgIpc) is 2.02. The lowest BCUT2D eigenvalue weighted by atomic mass is 10.2. The van der Waals surface area contributed by atoms with E-state index in [4.69, 9.17) is 0 Å². The second-order valence-electron chi connectivity index (χ2n) is 2.68. The summed E-state index contributed by atoms with van der Waals surface area (Å²) in [5, 5.41) is 10.2. The summed E-state index contributed by atoms with van der Waals surface area (Å²) in [4.78, 5) is 13.6. The van der Waals surface area contributed by atoms with Crippen LogP contribution in [0.4, 0.5) is 0 Å². The molecular weight excluding hydrogens is 281 g/mol. The highest BCUT2D eigenvalue weighted by atomic mass is 127. The van der Waals surface area contributed by atoms with Gasteiger partial charge in [0.1, 0.15) is 5.75 Å². The zero-order valence-electron chi connectivity index (χ0n) is 6.54. The Balaban J connectivity index is 3.03. The number of aromatic nitrogens is 1. The van der Waals surface area contributed by atoms with E-state index in [0.29, 0.717) is 10.9 Å². The van der Waals surface area contributed by atoms with Crippen LogP contribution in [0.1, 0.15) is 0 Å². The van der Waals surface area contributed by atoms with Crippen LogP contribution in [0.15, 0.2) is 29.1 Å². The molecule has 1 aromatic carbocycles. The van der Waals surface area contributed by atoms with Crippen LogP contribution in [0, 0.1) is 3.57 Å². The molecule has 13 heavy (non-hydrogen) atoms. The molecule has 2 rings (SSSR count). The van der Waals surface area contributed by atoms with Crippen LogP contribution < -0.4 is 5.56 Å². The molecule has 0 aliphatic heterocycles. The third-order valence-electron chi connectivity index (χ3n) is 1.80. The Morgan fingerprint density at radius 1 is 1.38 bits per heavy atom. The molecule has 0 saturated heterocycles. The minimum absolute atomic E-state index is 0.0313. The molecule has 0 fully saturated rings. The second kappa shape index (κ2) is 3.02. The second-order valence-corrected chi connectivity index (χ2v) is 3.84. The largest absolute Gasteiger partial charge is 0.507 e. The predicted molar refractivity (Wildman–Crippen MR) is 59.0 cm³/mol. The summed E-state index contributed by atoms with van der Waals surface area (Å²) in [7, 11) is 0. The highest BCUT2D eigenvalue weighted by Crippen LogP contribution is 2.25. The van der Waals surface area contributed by atoms with E-state index in [-0.39, 0.29) is 11.3 Å². The van der Waals surface area contributed by atoms with Gasteiger partial charge in [0.15, 0.2) is 0 Å². The molecule has 0 saturated carbocycles. The van der Waals surface area contributed by atoms with E-state index in [0.717, 1.165) is 3.57 Å². The lowest BCUT2D eigenvalue weighted by Gasteiger charge is -2.01. The van der Waals surface area contributed by atoms with Crippen molar-refractivity contribution in [1.82, 2.24) is 4.98 Å². The van der Waals surface area contributed by atoms with E-state index in [1.54, 1.807) is 6.07 Å². The number of fused-ring (bicyclic) bond motifs is 1. The number of pyridine rings is 1. The summed E-state index contributed by atoms with van der Waals surface area (Å²) < 4.78 is 0.920. The molecule has 4 heteroatoms. The molecule has 2 N–H and O–H groups in total. The third-order valence-corrected chi connectivity index (χ3v) is 2.69. The molecule has 0 aliphatic rings. The summed E-state index contributed by atoms with van der Waals surface area (Å²) in [6.07, 6.45) is 0. The van der Waals surface area contributed by atoms with Crippen molar-refractivity contribution in [2.75, 3.05) is 0 Å². The average molecular weight is 287 g/mol. The fourth-order valence-corrected chi connectivity index (χ4v) is 2.03. The predicted octanol–water partition coefficient (Wildman–Crippen LogP) is 1.84. The van der Waals surface area contributed by atoms with Gasteiger partial charge in [-0.15, -0.1) is 0 Å². The monoisotopic (exact) mass is 287 g/mol. The minimum Gasteiger partial charge on any atom is -0.507 e. The van der Waals surface area contributed by atoms with Crippen LogP contribution in [0.3, 0.4) is 0 Å². The van der Waals surface area contributed by atoms with Gasteiger partial charge < -0.3 is 10.1 Å². The van der Waals surface area contributed by atoms with Crippen LogP contribution >= 0.6 is 22.6 Å². The summed E-state index contributed by atoms with van der Waals surface area (Å²) in [6.45, 7) is 0. The van der Waals surface area contributed by atoms with Crippen LogP contribution in [-0.2, 0) is 0 Å². The number of aromatic hydroxyl groups is 1. The number of hydrogen-bond donors (Lipinski definition) is 2. The SMILES string of the molecule is O=c1cc(O)c2c(I)cccc2[nH]1. The smallest absolute Gasteiger partial charge is 0.252 e. The van der Waals surface area contributed by atoms with Crippen molar-refractivity contribution >= 4 is 33.5 Å². The first-order valence-electron chi connectivity index (χ1n) is 3.69. The third kappa shape index (κ3) is 1.41. The standard InChI is InChI=1S/C9H6INO2/c10-5-2-1-3-6-9(5)7(12)4-8(13)11-6/h1-4H,(H2,11,12,13). The number of hydrogen-bond acceptors (Lipinski definition) is 2. The van der Waals surface area contributed by atoms with Crippen LogP contribution in [0.2, 0.25) is 0 Å². The fourth-order valence-electron chi connectivity index (χ4n) is 1.25. The Hall–Kier alpha value is -1.04. The molecule has 0 atom stereocenters. The zero-order chi connectivity index (χ0) is 9.42. The van der Waals surface area contributed by atoms with Crippen LogP contribution in [-0.4, -0.2) is 10.1 Å². The number of halogens is 1. The molecule has 0 amide bonds. The first-order valence-corrected chi connectivity index (χ1v) is 4.77. The van der Waals surface area contributed by atoms with Gasteiger partial charge >= 0.3 is 0 Å². The summed E-state index contributed by atoms with van der Waals surface area (Å²) >= 11 is 2.11. The van der Waals surface area contributed by atoms with Gasteiger partial charge in [-0.3, -0.25) is 4.79 Å². The fraction of sp³-hybridized carbons (Fsp3) is 0. The van der Waals surface area contributed by atoms with Crippen molar-refractivity contribution in [1.29, 1.82) is 0 Å². The summed E-state index contributed by atoms with van der Waals surface area (Å²) in [5.41, 5.74) is 0.379. The van der Waals surface area contributed by atoms with E-state index in [9.17, 15) is 9.90 Å². The first-order chi connectivity index (χ1) is 6.18. The van der Waals surface area contributed by atoms with Crippen molar-refractivity contribution in [3.05, 3.63) is 38.2 Å². The van der Waals surface area contributed by atoms with Gasteiger partial charge in [0.2, 0.25) is 0 Å². The Kier molecular flexibility index (Phi) is 1.99. The van der Waals surface area contributed by atoms with E-state index >= 15 is 0 Å². The van der Waals surface area contributed by atoms with Gasteiger partial charge in [-0.1, -0.05) is 6.07 Å². The number of aromatic amines is 1. The lowest BCUT2D eigenvalue weighted by Crippen LogP contribution is -2.03. The topological polar surface area (TPSA) is 53.1 Å². The molecule has 66 valence electrons. The van der Waals surface area contributed by atoms with Gasteiger partial charge in [-0.05, 0) is 34.7 Å². The maximum atomic E-state index is 11.0. The van der Waals surface area contributed by atoms with Crippen molar-refractivity contribution in [3.8, 4) is 5.75 Å². The Morgan fingerprint density at radius 2 is 2.15 bits per heavy atom. The molecule has 2 aromatic rings.